The van der Waals surface area contributed by atoms with Crippen LogP contribution in [0.1, 0.15) is 26.3 Å². The number of carboxylic acid groups (broad SMARTS) is 1. The summed E-state index contributed by atoms with van der Waals surface area (Å²) in [6.45, 7) is 0. The zero-order chi connectivity index (χ0) is 19.6. The number of hydrogen-bond donors (Lipinski definition) is 2. The van der Waals surface area contributed by atoms with E-state index < -0.39 is 29.5 Å². The molecule has 3 aromatic rings. The molecule has 0 radical (unpaired) electrons. The van der Waals surface area contributed by atoms with Crippen molar-refractivity contribution in [1.29, 1.82) is 0 Å². The molecular weight excluding hydrogens is 367 g/mol. The number of aromatic nitrogens is 2. The smallest absolute Gasteiger partial charge is 0.416 e. The van der Waals surface area contributed by atoms with E-state index in [9.17, 15) is 27.9 Å². The number of carboxylic acids is 1. The second-order valence-electron chi connectivity index (χ2n) is 5.31. The van der Waals surface area contributed by atoms with Crippen LogP contribution in [0.15, 0.2) is 53.3 Å². The van der Waals surface area contributed by atoms with Gasteiger partial charge in [0.25, 0.3) is 5.91 Å². The summed E-state index contributed by atoms with van der Waals surface area (Å²) in [5.74, 6) is -2.67. The summed E-state index contributed by atoms with van der Waals surface area (Å²) in [4.78, 5) is 27.6. The van der Waals surface area contributed by atoms with Crippen LogP contribution in [-0.4, -0.2) is 27.1 Å². The topological polar surface area (TPSA) is 105 Å². The minimum atomic E-state index is -4.53. The first-order valence-corrected chi connectivity index (χ1v) is 7.39. The number of amides is 1. The van der Waals surface area contributed by atoms with E-state index in [2.05, 4.69) is 15.5 Å². The zero-order valence-electron chi connectivity index (χ0n) is 13.3. The van der Waals surface area contributed by atoms with Gasteiger partial charge in [0.1, 0.15) is 5.69 Å². The van der Waals surface area contributed by atoms with Gasteiger partial charge in [-0.15, -0.1) is 0 Å². The molecule has 0 aliphatic carbocycles. The molecule has 2 aromatic heterocycles. The normalized spacial score (nSPS) is 11.2. The number of hydrogen-bond acceptors (Lipinski definition) is 5. The molecule has 2 heterocycles. The molecule has 0 atom stereocenters. The van der Waals surface area contributed by atoms with Gasteiger partial charge in [-0.25, -0.2) is 4.79 Å². The van der Waals surface area contributed by atoms with Crippen LogP contribution in [-0.2, 0) is 6.18 Å². The molecule has 7 nitrogen and oxygen atoms in total. The molecule has 1 aromatic carbocycles. The zero-order valence-corrected chi connectivity index (χ0v) is 13.3. The fourth-order valence-electron chi connectivity index (χ4n) is 2.27. The van der Waals surface area contributed by atoms with Gasteiger partial charge in [0.15, 0.2) is 5.56 Å². The third kappa shape index (κ3) is 3.78. The van der Waals surface area contributed by atoms with Crippen molar-refractivity contribution in [3.63, 3.8) is 0 Å². The fourth-order valence-corrected chi connectivity index (χ4v) is 2.27. The molecule has 0 spiro atoms. The highest BCUT2D eigenvalue weighted by molar-refractivity contribution is 6.08. The molecular formula is C17H10F3N3O4. The van der Waals surface area contributed by atoms with Gasteiger partial charge in [0.2, 0.25) is 5.88 Å². The molecule has 0 saturated heterocycles. The standard InChI is InChI=1S/C17H10F3N3O4/c18-17(19,20)11-3-1-10(2-4-11)14(24)22-15-12(16(25)26)13(23-27-15)9-5-7-21-8-6-9/h1-8H,(H,22,24)(H,25,26). The van der Waals surface area contributed by atoms with Crippen molar-refractivity contribution in [3.05, 3.63) is 65.5 Å². The van der Waals surface area contributed by atoms with Crippen molar-refractivity contribution in [3.8, 4) is 11.3 Å². The number of nitrogens with one attached hydrogen (secondary N) is 1. The number of aromatic carboxylic acids is 1. The van der Waals surface area contributed by atoms with Gasteiger partial charge in [-0.3, -0.25) is 15.1 Å². The highest BCUT2D eigenvalue weighted by Gasteiger charge is 2.30. The van der Waals surface area contributed by atoms with Crippen molar-refractivity contribution < 1.29 is 32.4 Å². The Morgan fingerprint density at radius 3 is 2.22 bits per heavy atom. The summed E-state index contributed by atoms with van der Waals surface area (Å²) >= 11 is 0. The third-order valence-corrected chi connectivity index (χ3v) is 3.56. The number of rotatable bonds is 4. The number of pyridine rings is 1. The SMILES string of the molecule is O=C(Nc1onc(-c2ccncc2)c1C(=O)O)c1ccc(C(F)(F)F)cc1. The second-order valence-corrected chi connectivity index (χ2v) is 5.31. The Morgan fingerprint density at radius 1 is 1.04 bits per heavy atom. The first-order chi connectivity index (χ1) is 12.8. The molecule has 0 aliphatic rings. The lowest BCUT2D eigenvalue weighted by atomic mass is 10.1. The lowest BCUT2D eigenvalue weighted by molar-refractivity contribution is -0.137. The van der Waals surface area contributed by atoms with Gasteiger partial charge in [-0.2, -0.15) is 13.2 Å². The molecule has 0 bridgehead atoms. The highest BCUT2D eigenvalue weighted by Crippen LogP contribution is 2.30. The molecule has 138 valence electrons. The number of carbonyl (C=O) groups excluding carboxylic acids is 1. The third-order valence-electron chi connectivity index (χ3n) is 3.56. The van der Waals surface area contributed by atoms with Crippen LogP contribution >= 0.6 is 0 Å². The highest BCUT2D eigenvalue weighted by atomic mass is 19.4. The molecule has 0 fully saturated rings. The van der Waals surface area contributed by atoms with Crippen LogP contribution < -0.4 is 5.32 Å². The van der Waals surface area contributed by atoms with Crippen molar-refractivity contribution in [2.75, 3.05) is 5.32 Å². The summed E-state index contributed by atoms with van der Waals surface area (Å²) in [5, 5.41) is 15.3. The van der Waals surface area contributed by atoms with E-state index in [-0.39, 0.29) is 16.8 Å². The van der Waals surface area contributed by atoms with Crippen LogP contribution in [0.2, 0.25) is 0 Å². The van der Waals surface area contributed by atoms with E-state index in [0.29, 0.717) is 5.56 Å². The first-order valence-electron chi connectivity index (χ1n) is 7.39. The van der Waals surface area contributed by atoms with Crippen LogP contribution in [0.5, 0.6) is 0 Å². The summed E-state index contributed by atoms with van der Waals surface area (Å²) in [6, 6.07) is 6.45. The number of anilines is 1. The van der Waals surface area contributed by atoms with E-state index in [0.717, 1.165) is 24.3 Å². The van der Waals surface area contributed by atoms with Crippen LogP contribution in [0.3, 0.4) is 0 Å². The van der Waals surface area contributed by atoms with Gasteiger partial charge in [0, 0.05) is 23.5 Å². The predicted molar refractivity (Wildman–Crippen MR) is 86.1 cm³/mol. The molecule has 10 heteroatoms. The quantitative estimate of drug-likeness (QED) is 0.718. The van der Waals surface area contributed by atoms with Crippen LogP contribution in [0.4, 0.5) is 19.1 Å². The minimum absolute atomic E-state index is 0.0207. The van der Waals surface area contributed by atoms with Gasteiger partial charge >= 0.3 is 12.1 Å². The molecule has 0 unspecified atom stereocenters. The van der Waals surface area contributed by atoms with Gasteiger partial charge in [-0.05, 0) is 36.4 Å². The van der Waals surface area contributed by atoms with E-state index >= 15 is 0 Å². The number of halogens is 3. The summed E-state index contributed by atoms with van der Waals surface area (Å²) < 4.78 is 42.7. The van der Waals surface area contributed by atoms with Crippen molar-refractivity contribution in [1.82, 2.24) is 10.1 Å². The number of nitrogens with zero attached hydrogens (tertiary/aromatic N) is 2. The molecule has 2 N–H and O–H groups in total. The van der Waals surface area contributed by atoms with Gasteiger partial charge in [0.05, 0.1) is 5.56 Å². The average molecular weight is 377 g/mol. The van der Waals surface area contributed by atoms with Gasteiger partial charge < -0.3 is 9.63 Å². The van der Waals surface area contributed by atoms with Crippen molar-refractivity contribution >= 4 is 17.8 Å². The molecule has 27 heavy (non-hydrogen) atoms. The Morgan fingerprint density at radius 2 is 1.67 bits per heavy atom. The average Bonchev–Trinajstić information content (AvgIpc) is 3.05. The Labute approximate surface area is 149 Å². The number of carbonyl (C=O) groups is 2. The summed E-state index contributed by atoms with van der Waals surface area (Å²) in [7, 11) is 0. The maximum atomic E-state index is 12.6. The minimum Gasteiger partial charge on any atom is -0.477 e. The first kappa shape index (κ1) is 18.1. The Bertz CT molecular complexity index is 983. The fraction of sp³-hybridized carbons (Fsp3) is 0.0588. The lowest BCUT2D eigenvalue weighted by Crippen LogP contribution is -2.14. The molecule has 3 rings (SSSR count). The van der Waals surface area contributed by atoms with E-state index in [1.807, 2.05) is 0 Å². The van der Waals surface area contributed by atoms with Crippen molar-refractivity contribution in [2.24, 2.45) is 0 Å². The second kappa shape index (κ2) is 6.90. The number of alkyl halides is 3. The summed E-state index contributed by atoms with van der Waals surface area (Å²) in [5.41, 5.74) is -1.03. The predicted octanol–water partition coefficient (Wildman–Crippen LogP) is 3.71. The number of benzene rings is 1. The molecule has 1 amide bonds. The summed E-state index contributed by atoms with van der Waals surface area (Å²) in [6.07, 6.45) is -1.68. The maximum Gasteiger partial charge on any atom is 0.416 e. The van der Waals surface area contributed by atoms with E-state index in [4.69, 9.17) is 4.52 Å². The van der Waals surface area contributed by atoms with Gasteiger partial charge in [-0.1, -0.05) is 5.16 Å². The molecule has 0 aliphatic heterocycles. The maximum absolute atomic E-state index is 12.6. The van der Waals surface area contributed by atoms with Crippen LogP contribution in [0, 0.1) is 0 Å². The Balaban J connectivity index is 1.88. The van der Waals surface area contributed by atoms with Crippen molar-refractivity contribution in [2.45, 2.75) is 6.18 Å². The Kier molecular flexibility index (Phi) is 4.63. The lowest BCUT2D eigenvalue weighted by Gasteiger charge is -2.07. The monoisotopic (exact) mass is 377 g/mol. The van der Waals surface area contributed by atoms with Crippen LogP contribution in [0.25, 0.3) is 11.3 Å². The van der Waals surface area contributed by atoms with E-state index in [1.165, 1.54) is 24.5 Å². The Hall–Kier alpha value is -3.69. The largest absolute Gasteiger partial charge is 0.477 e. The molecule has 0 saturated carbocycles. The van der Waals surface area contributed by atoms with E-state index in [1.54, 1.807) is 0 Å².